The number of benzene rings is 3. The third kappa shape index (κ3) is 5.69. The number of nitrogens with one attached hydrogen (secondary N) is 2. The summed E-state index contributed by atoms with van der Waals surface area (Å²) >= 11 is 7.48. The van der Waals surface area contributed by atoms with Gasteiger partial charge in [0.2, 0.25) is 11.1 Å². The van der Waals surface area contributed by atoms with Crippen LogP contribution >= 0.6 is 23.4 Å². The standard InChI is InChI=1S/C29H26ClN5O3S/c1-16-4-13-23(17(2)14-16)32-26(36)24-18(3)31-28-33-29(39-15-19-5-11-22(30)12-6-19)34-35(28)25(24)20-7-9-21(10-8-20)27(37)38/h4-14,25H,15H2,1-3H3,(H,32,36)(H,37,38)(H,31,33,34)/t25-/m1/s1. The summed E-state index contributed by atoms with van der Waals surface area (Å²) < 4.78 is 1.68. The number of allylic oxidation sites excluding steroid dienone is 1. The topological polar surface area (TPSA) is 109 Å². The Balaban J connectivity index is 1.50. The zero-order valence-corrected chi connectivity index (χ0v) is 23.1. The van der Waals surface area contributed by atoms with Gasteiger partial charge in [0.05, 0.1) is 11.1 Å². The van der Waals surface area contributed by atoms with Gasteiger partial charge in [-0.3, -0.25) is 4.79 Å². The lowest BCUT2D eigenvalue weighted by Gasteiger charge is -2.29. The maximum Gasteiger partial charge on any atom is 0.335 e. The predicted octanol–water partition coefficient (Wildman–Crippen LogP) is 6.47. The molecule has 1 aliphatic rings. The molecule has 0 radical (unpaired) electrons. The number of carboxylic acid groups (broad SMARTS) is 1. The van der Waals surface area contributed by atoms with E-state index in [1.54, 1.807) is 16.8 Å². The summed E-state index contributed by atoms with van der Waals surface area (Å²) in [6.07, 6.45) is 0. The van der Waals surface area contributed by atoms with E-state index in [0.717, 1.165) is 22.4 Å². The molecule has 8 nitrogen and oxygen atoms in total. The van der Waals surface area contributed by atoms with E-state index in [0.29, 0.717) is 38.7 Å². The number of carboxylic acids is 1. The van der Waals surface area contributed by atoms with Crippen LogP contribution in [0.1, 0.15) is 45.6 Å². The third-order valence-corrected chi connectivity index (χ3v) is 7.62. The normalized spacial score (nSPS) is 14.5. The molecular formula is C29H26ClN5O3S. The average molecular weight is 560 g/mol. The number of hydrogen-bond donors (Lipinski definition) is 3. The molecule has 39 heavy (non-hydrogen) atoms. The summed E-state index contributed by atoms with van der Waals surface area (Å²) in [7, 11) is 0. The summed E-state index contributed by atoms with van der Waals surface area (Å²) in [4.78, 5) is 29.9. The number of carbonyl (C=O) groups is 2. The minimum Gasteiger partial charge on any atom is -0.478 e. The Labute approximate surface area is 235 Å². The fourth-order valence-electron chi connectivity index (χ4n) is 4.47. The molecule has 0 fully saturated rings. The summed E-state index contributed by atoms with van der Waals surface area (Å²) in [5.41, 5.74) is 5.83. The Morgan fingerprint density at radius 1 is 1.05 bits per heavy atom. The van der Waals surface area contributed by atoms with Crippen LogP contribution in [0.3, 0.4) is 0 Å². The third-order valence-electron chi connectivity index (χ3n) is 6.46. The van der Waals surface area contributed by atoms with Crippen LogP contribution in [-0.2, 0) is 10.5 Å². The minimum atomic E-state index is -1.02. The van der Waals surface area contributed by atoms with Gasteiger partial charge in [0.15, 0.2) is 0 Å². The molecule has 5 rings (SSSR count). The van der Waals surface area contributed by atoms with Gasteiger partial charge in [0.25, 0.3) is 5.91 Å². The fraction of sp³-hybridized carbons (Fsp3) is 0.172. The molecule has 0 bridgehead atoms. The highest BCUT2D eigenvalue weighted by Gasteiger charge is 2.34. The van der Waals surface area contributed by atoms with Crippen molar-refractivity contribution in [1.29, 1.82) is 0 Å². The second-order valence-corrected chi connectivity index (χ2v) is 10.7. The molecule has 0 aliphatic carbocycles. The lowest BCUT2D eigenvalue weighted by molar-refractivity contribution is -0.113. The van der Waals surface area contributed by atoms with E-state index >= 15 is 0 Å². The van der Waals surface area contributed by atoms with Gasteiger partial charge in [0.1, 0.15) is 6.04 Å². The quantitative estimate of drug-likeness (QED) is 0.223. The first-order valence-corrected chi connectivity index (χ1v) is 13.6. The van der Waals surface area contributed by atoms with E-state index in [1.807, 2.05) is 63.2 Å². The molecule has 0 saturated carbocycles. The Kier molecular flexibility index (Phi) is 7.45. The number of halogens is 1. The highest BCUT2D eigenvalue weighted by molar-refractivity contribution is 7.98. The number of nitrogens with zero attached hydrogens (tertiary/aromatic N) is 3. The van der Waals surface area contributed by atoms with Gasteiger partial charge in [-0.1, -0.05) is 65.3 Å². The lowest BCUT2D eigenvalue weighted by Crippen LogP contribution is -2.31. The van der Waals surface area contributed by atoms with Crippen molar-refractivity contribution >= 4 is 46.9 Å². The molecule has 2 heterocycles. The van der Waals surface area contributed by atoms with Crippen LogP contribution in [-0.4, -0.2) is 31.7 Å². The first-order valence-electron chi connectivity index (χ1n) is 12.2. The van der Waals surface area contributed by atoms with Gasteiger partial charge in [0, 0.05) is 22.2 Å². The Hall–Kier alpha value is -4.08. The van der Waals surface area contributed by atoms with Crippen LogP contribution in [0.15, 0.2) is 83.2 Å². The van der Waals surface area contributed by atoms with Gasteiger partial charge < -0.3 is 15.7 Å². The molecule has 1 atom stereocenters. The molecule has 1 amide bonds. The lowest BCUT2D eigenvalue weighted by atomic mass is 9.94. The van der Waals surface area contributed by atoms with Crippen molar-refractivity contribution in [2.45, 2.75) is 37.7 Å². The predicted molar refractivity (Wildman–Crippen MR) is 153 cm³/mol. The smallest absolute Gasteiger partial charge is 0.335 e. The van der Waals surface area contributed by atoms with Crippen molar-refractivity contribution in [3.63, 3.8) is 0 Å². The van der Waals surface area contributed by atoms with Crippen LogP contribution in [0.2, 0.25) is 5.02 Å². The monoisotopic (exact) mass is 559 g/mol. The maximum absolute atomic E-state index is 13.7. The number of aromatic carboxylic acids is 1. The van der Waals surface area contributed by atoms with Gasteiger partial charge in [-0.05, 0) is 67.8 Å². The van der Waals surface area contributed by atoms with Crippen molar-refractivity contribution < 1.29 is 14.7 Å². The second-order valence-electron chi connectivity index (χ2n) is 9.34. The summed E-state index contributed by atoms with van der Waals surface area (Å²) in [6.45, 7) is 5.78. The number of anilines is 2. The molecule has 198 valence electrons. The Morgan fingerprint density at radius 3 is 2.44 bits per heavy atom. The number of aromatic nitrogens is 3. The molecule has 0 spiro atoms. The number of rotatable bonds is 7. The molecule has 4 aromatic rings. The molecule has 3 aromatic carbocycles. The molecule has 3 N–H and O–H groups in total. The highest BCUT2D eigenvalue weighted by atomic mass is 35.5. The molecule has 1 aromatic heterocycles. The number of carbonyl (C=O) groups excluding carboxylic acids is 1. The minimum absolute atomic E-state index is 0.160. The highest BCUT2D eigenvalue weighted by Crippen LogP contribution is 2.37. The molecule has 1 aliphatic heterocycles. The summed E-state index contributed by atoms with van der Waals surface area (Å²) in [6, 6.07) is 19.3. The second kappa shape index (κ2) is 11.0. The average Bonchev–Trinajstić information content (AvgIpc) is 3.31. The summed E-state index contributed by atoms with van der Waals surface area (Å²) in [5.74, 6) is -0.156. The summed E-state index contributed by atoms with van der Waals surface area (Å²) in [5, 5.41) is 21.6. The Morgan fingerprint density at radius 2 is 1.77 bits per heavy atom. The van der Waals surface area contributed by atoms with Crippen LogP contribution in [0.4, 0.5) is 11.6 Å². The number of fused-ring (bicyclic) bond motifs is 1. The van der Waals surface area contributed by atoms with Crippen molar-refractivity contribution in [3.8, 4) is 0 Å². The van der Waals surface area contributed by atoms with Crippen molar-refractivity contribution in [2.75, 3.05) is 10.6 Å². The van der Waals surface area contributed by atoms with Gasteiger partial charge >= 0.3 is 5.97 Å². The van der Waals surface area contributed by atoms with E-state index in [9.17, 15) is 14.7 Å². The molecule has 0 saturated heterocycles. The van der Waals surface area contributed by atoms with Crippen LogP contribution in [0.25, 0.3) is 0 Å². The van der Waals surface area contributed by atoms with Crippen LogP contribution < -0.4 is 10.6 Å². The van der Waals surface area contributed by atoms with Crippen molar-refractivity contribution in [3.05, 3.63) is 111 Å². The zero-order valence-electron chi connectivity index (χ0n) is 21.5. The van der Waals surface area contributed by atoms with E-state index in [2.05, 4.69) is 15.6 Å². The van der Waals surface area contributed by atoms with E-state index in [-0.39, 0.29) is 11.5 Å². The molecule has 10 heteroatoms. The van der Waals surface area contributed by atoms with E-state index in [4.69, 9.17) is 16.7 Å². The first kappa shape index (κ1) is 26.5. The van der Waals surface area contributed by atoms with Crippen LogP contribution in [0, 0.1) is 13.8 Å². The molecular weight excluding hydrogens is 534 g/mol. The van der Waals surface area contributed by atoms with Crippen molar-refractivity contribution in [2.24, 2.45) is 0 Å². The molecule has 0 unspecified atom stereocenters. The van der Waals surface area contributed by atoms with Gasteiger partial charge in [-0.2, -0.15) is 4.98 Å². The number of aryl methyl sites for hydroxylation is 2. The Bertz CT molecular complexity index is 1600. The van der Waals surface area contributed by atoms with Crippen molar-refractivity contribution in [1.82, 2.24) is 14.8 Å². The van der Waals surface area contributed by atoms with Gasteiger partial charge in [-0.15, -0.1) is 5.10 Å². The number of amides is 1. The van der Waals surface area contributed by atoms with E-state index in [1.165, 1.54) is 23.9 Å². The zero-order chi connectivity index (χ0) is 27.7. The maximum atomic E-state index is 13.7. The SMILES string of the molecule is CC1=C(C(=O)Nc2ccc(C)cc2C)[C@@H](c2ccc(C(=O)O)cc2)n2nc(SCc3ccc(Cl)cc3)nc2N1. The first-order chi connectivity index (χ1) is 18.7. The number of hydrogen-bond acceptors (Lipinski definition) is 6. The van der Waals surface area contributed by atoms with Gasteiger partial charge in [-0.25, -0.2) is 9.48 Å². The van der Waals surface area contributed by atoms with Crippen LogP contribution in [0.5, 0.6) is 0 Å². The van der Waals surface area contributed by atoms with E-state index < -0.39 is 12.0 Å². The number of thioether (sulfide) groups is 1. The fourth-order valence-corrected chi connectivity index (χ4v) is 5.39. The largest absolute Gasteiger partial charge is 0.478 e.